The number of hydrogen-bond acceptors (Lipinski definition) is 4. The maximum absolute atomic E-state index is 14.3. The smallest absolute Gasteiger partial charge is 0.321 e. The molecule has 0 spiro atoms. The summed E-state index contributed by atoms with van der Waals surface area (Å²) in [6, 6.07) is 31.2. The maximum Gasteiger partial charge on any atom is 0.422 e. The molecule has 5 aromatic rings. The fourth-order valence-corrected chi connectivity index (χ4v) is 5.67. The molecule has 1 unspecified atom stereocenters. The Morgan fingerprint density at radius 3 is 1.77 bits per heavy atom. The zero-order valence-electron chi connectivity index (χ0n) is 26.8. The summed E-state index contributed by atoms with van der Waals surface area (Å²) in [5.74, 6) is -12.6. The minimum atomic E-state index is -5.73. The normalized spacial score (nSPS) is 12.2. The molecule has 0 aliphatic carbocycles. The van der Waals surface area contributed by atoms with Crippen LogP contribution >= 0.6 is 11.8 Å². The SMILES string of the molecule is CC(Sc1ccc(NC(=O)/C(=C/c2ccc(-c3ccccc3)cc2)NC(=O)c2ccccc2)cc1)C(=O)Nc1c(F)c(F)c(C(F)(F)F)c(F)c1F. The number of carbonyl (C=O) groups excluding carboxylic acids is 3. The molecule has 5 aromatic carbocycles. The molecule has 6 nitrogen and oxygen atoms in total. The van der Waals surface area contributed by atoms with Gasteiger partial charge in [0.05, 0.1) is 5.25 Å². The second kappa shape index (κ2) is 16.0. The Hall–Kier alpha value is -5.89. The molecule has 0 heterocycles. The van der Waals surface area contributed by atoms with Crippen LogP contribution in [0.3, 0.4) is 0 Å². The number of halogens is 7. The molecular weight excluding hydrogens is 711 g/mol. The van der Waals surface area contributed by atoms with Crippen molar-refractivity contribution < 1.29 is 45.1 Å². The number of nitrogens with one attached hydrogen (secondary N) is 3. The van der Waals surface area contributed by atoms with Crippen molar-refractivity contribution in [1.82, 2.24) is 5.32 Å². The molecule has 0 aliphatic heterocycles. The van der Waals surface area contributed by atoms with Gasteiger partial charge in [0.15, 0.2) is 23.3 Å². The molecule has 0 aliphatic rings. The molecule has 3 amide bonds. The summed E-state index contributed by atoms with van der Waals surface area (Å²) in [5, 5.41) is 5.78. The molecule has 266 valence electrons. The number of carbonyl (C=O) groups is 3. The fraction of sp³-hybridized carbons (Fsp3) is 0.0789. The van der Waals surface area contributed by atoms with Gasteiger partial charge in [0.1, 0.15) is 16.9 Å². The van der Waals surface area contributed by atoms with Crippen molar-refractivity contribution in [2.75, 3.05) is 10.6 Å². The van der Waals surface area contributed by atoms with E-state index in [1.807, 2.05) is 42.5 Å². The summed E-state index contributed by atoms with van der Waals surface area (Å²) in [5.41, 5.74) is -1.35. The van der Waals surface area contributed by atoms with E-state index in [0.29, 0.717) is 16.0 Å². The van der Waals surface area contributed by atoms with Gasteiger partial charge >= 0.3 is 6.18 Å². The molecule has 0 aromatic heterocycles. The van der Waals surface area contributed by atoms with Crippen LogP contribution in [-0.4, -0.2) is 23.0 Å². The summed E-state index contributed by atoms with van der Waals surface area (Å²) in [4.78, 5) is 39.5. The van der Waals surface area contributed by atoms with Gasteiger partial charge in [-0.05, 0) is 66.1 Å². The lowest BCUT2D eigenvalue weighted by molar-refractivity contribution is -0.143. The number of thioether (sulfide) groups is 1. The largest absolute Gasteiger partial charge is 0.422 e. The maximum atomic E-state index is 14.3. The molecule has 1 atom stereocenters. The number of rotatable bonds is 10. The Morgan fingerprint density at radius 1 is 0.673 bits per heavy atom. The second-order valence-electron chi connectivity index (χ2n) is 11.1. The van der Waals surface area contributed by atoms with Crippen LogP contribution in [0.25, 0.3) is 17.2 Å². The highest BCUT2D eigenvalue weighted by molar-refractivity contribution is 8.00. The molecule has 14 heteroatoms. The van der Waals surface area contributed by atoms with E-state index in [2.05, 4.69) is 10.6 Å². The van der Waals surface area contributed by atoms with Crippen LogP contribution in [0.4, 0.5) is 42.1 Å². The average Bonchev–Trinajstić information content (AvgIpc) is 3.13. The van der Waals surface area contributed by atoms with Gasteiger partial charge in [-0.1, -0.05) is 72.8 Å². The Morgan fingerprint density at radius 2 is 1.21 bits per heavy atom. The van der Waals surface area contributed by atoms with Gasteiger partial charge in [-0.2, -0.15) is 13.2 Å². The fourth-order valence-electron chi connectivity index (χ4n) is 4.80. The van der Waals surface area contributed by atoms with Crippen molar-refractivity contribution in [1.29, 1.82) is 0 Å². The summed E-state index contributed by atoms with van der Waals surface area (Å²) in [6.07, 6.45) is -4.22. The van der Waals surface area contributed by atoms with Crippen LogP contribution in [-0.2, 0) is 15.8 Å². The van der Waals surface area contributed by atoms with E-state index in [1.165, 1.54) is 37.3 Å². The highest BCUT2D eigenvalue weighted by Gasteiger charge is 2.42. The Labute approximate surface area is 296 Å². The second-order valence-corrected chi connectivity index (χ2v) is 12.5. The number of hydrogen-bond donors (Lipinski definition) is 3. The lowest BCUT2D eigenvalue weighted by Crippen LogP contribution is -2.30. The molecule has 0 saturated heterocycles. The first kappa shape index (κ1) is 37.4. The Bertz CT molecular complexity index is 2100. The van der Waals surface area contributed by atoms with E-state index in [4.69, 9.17) is 0 Å². The Kier molecular flexibility index (Phi) is 11.5. The van der Waals surface area contributed by atoms with Gasteiger partial charge < -0.3 is 16.0 Å². The third kappa shape index (κ3) is 8.87. The molecular formula is C38H26F7N3O3S. The monoisotopic (exact) mass is 737 g/mol. The van der Waals surface area contributed by atoms with Gasteiger partial charge in [0, 0.05) is 16.1 Å². The van der Waals surface area contributed by atoms with Gasteiger partial charge in [-0.3, -0.25) is 14.4 Å². The molecule has 0 radical (unpaired) electrons. The number of benzene rings is 5. The van der Waals surface area contributed by atoms with Crippen molar-refractivity contribution in [3.05, 3.63) is 155 Å². The highest BCUT2D eigenvalue weighted by atomic mass is 32.2. The number of alkyl halides is 3. The number of anilines is 2. The van der Waals surface area contributed by atoms with Crippen LogP contribution in [0.2, 0.25) is 0 Å². The molecule has 0 fully saturated rings. The van der Waals surface area contributed by atoms with Crippen molar-refractivity contribution in [3.63, 3.8) is 0 Å². The van der Waals surface area contributed by atoms with Gasteiger partial charge in [-0.15, -0.1) is 11.8 Å². The summed E-state index contributed by atoms with van der Waals surface area (Å²) in [6.45, 7) is 1.28. The average molecular weight is 738 g/mol. The van der Waals surface area contributed by atoms with Crippen LogP contribution in [0.1, 0.15) is 28.4 Å². The first-order chi connectivity index (χ1) is 24.7. The third-order valence-corrected chi connectivity index (χ3v) is 8.56. The van der Waals surface area contributed by atoms with Crippen molar-refractivity contribution >= 4 is 46.9 Å². The lowest BCUT2D eigenvalue weighted by atomic mass is 10.0. The molecule has 0 saturated carbocycles. The van der Waals surface area contributed by atoms with E-state index in [0.717, 1.165) is 22.9 Å². The molecule has 52 heavy (non-hydrogen) atoms. The van der Waals surface area contributed by atoms with Crippen molar-refractivity contribution in [2.24, 2.45) is 0 Å². The van der Waals surface area contributed by atoms with E-state index in [-0.39, 0.29) is 11.4 Å². The topological polar surface area (TPSA) is 87.3 Å². The van der Waals surface area contributed by atoms with E-state index < -0.39 is 63.7 Å². The van der Waals surface area contributed by atoms with Crippen molar-refractivity contribution in [2.45, 2.75) is 23.2 Å². The predicted octanol–water partition coefficient (Wildman–Crippen LogP) is 9.46. The minimum absolute atomic E-state index is 0.0688. The van der Waals surface area contributed by atoms with E-state index in [1.54, 1.807) is 47.8 Å². The zero-order valence-corrected chi connectivity index (χ0v) is 27.6. The minimum Gasteiger partial charge on any atom is -0.321 e. The van der Waals surface area contributed by atoms with Crippen LogP contribution in [0.15, 0.2) is 120 Å². The zero-order chi connectivity index (χ0) is 37.6. The Balaban J connectivity index is 1.28. The molecule has 3 N–H and O–H groups in total. The van der Waals surface area contributed by atoms with Gasteiger partial charge in [0.2, 0.25) is 5.91 Å². The van der Waals surface area contributed by atoms with E-state index in [9.17, 15) is 45.1 Å². The molecule has 0 bridgehead atoms. The van der Waals surface area contributed by atoms with Gasteiger partial charge in [-0.25, -0.2) is 17.6 Å². The number of amides is 3. The van der Waals surface area contributed by atoms with E-state index >= 15 is 0 Å². The van der Waals surface area contributed by atoms with Gasteiger partial charge in [0.25, 0.3) is 11.8 Å². The van der Waals surface area contributed by atoms with Crippen LogP contribution in [0, 0.1) is 23.3 Å². The standard InChI is InChI=1S/C38H26F7N3O3S/c1-21(35(49)48-34-32(41)30(39)29(38(43,44)45)31(40)33(34)42)52-27-18-16-26(17-19-27)46-37(51)28(47-36(50)25-10-6-3-7-11-25)20-22-12-14-24(15-13-22)23-8-4-2-5-9-23/h2-21H,1H3,(H,46,51)(H,47,50)(H,48,49)/b28-20-. The van der Waals surface area contributed by atoms with Crippen LogP contribution < -0.4 is 16.0 Å². The summed E-state index contributed by atoms with van der Waals surface area (Å²) in [7, 11) is 0. The summed E-state index contributed by atoms with van der Waals surface area (Å²) < 4.78 is 95.2. The first-order valence-corrected chi connectivity index (χ1v) is 16.2. The van der Waals surface area contributed by atoms with Crippen LogP contribution in [0.5, 0.6) is 0 Å². The quantitative estimate of drug-likeness (QED) is 0.0577. The highest BCUT2D eigenvalue weighted by Crippen LogP contribution is 2.39. The lowest BCUT2D eigenvalue weighted by Gasteiger charge is -2.16. The molecule has 5 rings (SSSR count). The first-order valence-electron chi connectivity index (χ1n) is 15.3. The predicted molar refractivity (Wildman–Crippen MR) is 184 cm³/mol. The van der Waals surface area contributed by atoms with Crippen molar-refractivity contribution in [3.8, 4) is 11.1 Å². The third-order valence-electron chi connectivity index (χ3n) is 7.45. The summed E-state index contributed by atoms with van der Waals surface area (Å²) >= 11 is 0.834.